The average molecular weight is 220 g/mol. The van der Waals surface area contributed by atoms with Crippen molar-refractivity contribution in [2.24, 2.45) is 0 Å². The van der Waals surface area contributed by atoms with E-state index in [-0.39, 0.29) is 0 Å². The minimum Gasteiger partial charge on any atom is -0.397 e. The van der Waals surface area contributed by atoms with Crippen LogP contribution in [0.4, 0.5) is 11.5 Å². The number of aromatic nitrogens is 1. The second kappa shape index (κ2) is 4.70. The highest BCUT2D eigenvalue weighted by atomic mass is 15.3. The van der Waals surface area contributed by atoms with Crippen molar-refractivity contribution in [1.29, 1.82) is 0 Å². The van der Waals surface area contributed by atoms with E-state index in [1.807, 2.05) is 6.07 Å². The molecule has 2 N–H and O–H groups in total. The zero-order chi connectivity index (χ0) is 11.5. The number of likely N-dealkylation sites (N-methyl/N-ethyl adjacent to an activating group) is 1. The van der Waals surface area contributed by atoms with Gasteiger partial charge < -0.3 is 15.5 Å². The topological polar surface area (TPSA) is 45.4 Å². The van der Waals surface area contributed by atoms with Gasteiger partial charge in [0.15, 0.2) is 0 Å². The molecule has 0 saturated carbocycles. The van der Waals surface area contributed by atoms with E-state index in [4.69, 9.17) is 5.73 Å². The smallest absolute Gasteiger partial charge is 0.131 e. The highest BCUT2D eigenvalue weighted by Gasteiger charge is 2.17. The Kier molecular flexibility index (Phi) is 3.29. The Labute approximate surface area is 97.1 Å². The first-order valence-corrected chi connectivity index (χ1v) is 5.90. The van der Waals surface area contributed by atoms with Crippen LogP contribution in [0.5, 0.6) is 0 Å². The Balaban J connectivity index is 2.08. The molecule has 1 aliphatic heterocycles. The third-order valence-electron chi connectivity index (χ3n) is 3.19. The molecule has 0 radical (unpaired) electrons. The molecule has 0 bridgehead atoms. The monoisotopic (exact) mass is 220 g/mol. The number of piperazine rings is 1. The summed E-state index contributed by atoms with van der Waals surface area (Å²) in [5, 5.41) is 0. The molecule has 1 saturated heterocycles. The lowest BCUT2D eigenvalue weighted by Gasteiger charge is -2.35. The molecular formula is C12H20N4. The van der Waals surface area contributed by atoms with Crippen LogP contribution in [0, 0.1) is 6.92 Å². The number of nitrogens with zero attached hydrogens (tertiary/aromatic N) is 3. The molecular weight excluding hydrogens is 200 g/mol. The Bertz CT molecular complexity index is 356. The summed E-state index contributed by atoms with van der Waals surface area (Å²) in [6.07, 6.45) is 1.74. The summed E-state index contributed by atoms with van der Waals surface area (Å²) in [6, 6.07) is 1.99. The van der Waals surface area contributed by atoms with E-state index < -0.39 is 0 Å². The molecule has 2 heterocycles. The summed E-state index contributed by atoms with van der Waals surface area (Å²) in [6.45, 7) is 9.80. The lowest BCUT2D eigenvalue weighted by atomic mass is 10.2. The number of anilines is 2. The Hall–Kier alpha value is -1.29. The van der Waals surface area contributed by atoms with Gasteiger partial charge in [-0.2, -0.15) is 0 Å². The highest BCUT2D eigenvalue weighted by Crippen LogP contribution is 2.20. The van der Waals surface area contributed by atoms with Gasteiger partial charge >= 0.3 is 0 Å². The van der Waals surface area contributed by atoms with Crippen LogP contribution in [0.15, 0.2) is 12.3 Å². The molecule has 0 atom stereocenters. The van der Waals surface area contributed by atoms with Gasteiger partial charge in [-0.15, -0.1) is 0 Å². The standard InChI is InChI=1S/C12H20N4/c1-3-15-4-6-16(7-5-15)12-10(2)8-11(13)9-14-12/h8-9H,3-7,13H2,1-2H3. The number of hydrogen-bond donors (Lipinski definition) is 1. The molecule has 2 rings (SSSR count). The van der Waals surface area contributed by atoms with Crippen LogP contribution in [0.3, 0.4) is 0 Å². The van der Waals surface area contributed by atoms with Crippen LogP contribution in [-0.2, 0) is 0 Å². The number of nitrogens with two attached hydrogens (primary N) is 1. The zero-order valence-electron chi connectivity index (χ0n) is 10.1. The van der Waals surface area contributed by atoms with E-state index in [1.165, 1.54) is 5.56 Å². The van der Waals surface area contributed by atoms with Crippen molar-refractivity contribution in [3.8, 4) is 0 Å². The van der Waals surface area contributed by atoms with Gasteiger partial charge in [-0.25, -0.2) is 4.98 Å². The van der Waals surface area contributed by atoms with Gasteiger partial charge in [-0.3, -0.25) is 0 Å². The fraction of sp³-hybridized carbons (Fsp3) is 0.583. The van der Waals surface area contributed by atoms with Crippen LogP contribution in [0.25, 0.3) is 0 Å². The van der Waals surface area contributed by atoms with Gasteiger partial charge in [0.25, 0.3) is 0 Å². The summed E-state index contributed by atoms with van der Waals surface area (Å²) in [5.74, 6) is 1.09. The summed E-state index contributed by atoms with van der Waals surface area (Å²) >= 11 is 0. The Morgan fingerprint density at radius 2 is 2.00 bits per heavy atom. The van der Waals surface area contributed by atoms with Gasteiger partial charge in [0.2, 0.25) is 0 Å². The van der Waals surface area contributed by atoms with Crippen LogP contribution in [0.2, 0.25) is 0 Å². The maximum absolute atomic E-state index is 5.71. The second-order valence-electron chi connectivity index (χ2n) is 4.33. The van der Waals surface area contributed by atoms with Crippen molar-refractivity contribution in [3.63, 3.8) is 0 Å². The van der Waals surface area contributed by atoms with Crippen molar-refractivity contribution >= 4 is 11.5 Å². The van der Waals surface area contributed by atoms with Crippen LogP contribution in [0.1, 0.15) is 12.5 Å². The van der Waals surface area contributed by atoms with Crippen LogP contribution in [-0.4, -0.2) is 42.6 Å². The second-order valence-corrected chi connectivity index (χ2v) is 4.33. The fourth-order valence-corrected chi connectivity index (χ4v) is 2.20. The number of hydrogen-bond acceptors (Lipinski definition) is 4. The first-order chi connectivity index (χ1) is 7.70. The molecule has 4 nitrogen and oxygen atoms in total. The number of aryl methyl sites for hydroxylation is 1. The predicted octanol–water partition coefficient (Wildman–Crippen LogP) is 1.11. The third-order valence-corrected chi connectivity index (χ3v) is 3.19. The van der Waals surface area contributed by atoms with Gasteiger partial charge in [0, 0.05) is 26.2 Å². The maximum atomic E-state index is 5.71. The minimum absolute atomic E-state index is 0.744. The first-order valence-electron chi connectivity index (χ1n) is 5.90. The molecule has 1 aromatic heterocycles. The predicted molar refractivity (Wildman–Crippen MR) is 67.7 cm³/mol. The molecule has 16 heavy (non-hydrogen) atoms. The van der Waals surface area contributed by atoms with Gasteiger partial charge in [0.1, 0.15) is 5.82 Å². The van der Waals surface area contributed by atoms with Crippen molar-refractivity contribution < 1.29 is 0 Å². The maximum Gasteiger partial charge on any atom is 0.131 e. The molecule has 0 spiro atoms. The first kappa shape index (κ1) is 11.2. The molecule has 1 aromatic rings. The molecule has 1 aliphatic rings. The highest BCUT2D eigenvalue weighted by molar-refractivity contribution is 5.52. The Morgan fingerprint density at radius 1 is 1.31 bits per heavy atom. The lowest BCUT2D eigenvalue weighted by molar-refractivity contribution is 0.270. The largest absolute Gasteiger partial charge is 0.397 e. The molecule has 88 valence electrons. The zero-order valence-corrected chi connectivity index (χ0v) is 10.1. The number of pyridine rings is 1. The Morgan fingerprint density at radius 3 is 2.56 bits per heavy atom. The van der Waals surface area contributed by atoms with Crippen LogP contribution >= 0.6 is 0 Å². The van der Waals surface area contributed by atoms with Crippen molar-refractivity contribution in [3.05, 3.63) is 17.8 Å². The molecule has 4 heteroatoms. The van der Waals surface area contributed by atoms with Crippen LogP contribution < -0.4 is 10.6 Å². The fourth-order valence-electron chi connectivity index (χ4n) is 2.20. The van der Waals surface area contributed by atoms with E-state index >= 15 is 0 Å². The molecule has 0 aromatic carbocycles. The number of nitrogen functional groups attached to an aromatic ring is 1. The average Bonchev–Trinajstić information content (AvgIpc) is 2.29. The van der Waals surface area contributed by atoms with Crippen molar-refractivity contribution in [2.75, 3.05) is 43.4 Å². The van der Waals surface area contributed by atoms with E-state index in [9.17, 15) is 0 Å². The van der Waals surface area contributed by atoms with E-state index in [0.29, 0.717) is 0 Å². The molecule has 0 unspecified atom stereocenters. The van der Waals surface area contributed by atoms with Gasteiger partial charge in [0.05, 0.1) is 11.9 Å². The molecule has 0 aliphatic carbocycles. The molecule has 0 amide bonds. The lowest BCUT2D eigenvalue weighted by Crippen LogP contribution is -2.46. The summed E-state index contributed by atoms with van der Waals surface area (Å²) < 4.78 is 0. The number of rotatable bonds is 2. The third kappa shape index (κ3) is 2.27. The van der Waals surface area contributed by atoms with Crippen molar-refractivity contribution in [2.45, 2.75) is 13.8 Å². The summed E-state index contributed by atoms with van der Waals surface area (Å²) in [5.41, 5.74) is 7.63. The summed E-state index contributed by atoms with van der Waals surface area (Å²) in [4.78, 5) is 9.24. The van der Waals surface area contributed by atoms with Gasteiger partial charge in [-0.1, -0.05) is 6.92 Å². The van der Waals surface area contributed by atoms with E-state index in [1.54, 1.807) is 6.20 Å². The van der Waals surface area contributed by atoms with E-state index in [2.05, 4.69) is 28.6 Å². The molecule has 1 fully saturated rings. The van der Waals surface area contributed by atoms with Gasteiger partial charge in [-0.05, 0) is 25.1 Å². The van der Waals surface area contributed by atoms with Crippen molar-refractivity contribution in [1.82, 2.24) is 9.88 Å². The quantitative estimate of drug-likeness (QED) is 0.811. The summed E-state index contributed by atoms with van der Waals surface area (Å²) in [7, 11) is 0. The minimum atomic E-state index is 0.744. The SMILES string of the molecule is CCN1CCN(c2ncc(N)cc2C)CC1. The normalized spacial score (nSPS) is 17.8. The van der Waals surface area contributed by atoms with E-state index in [0.717, 1.165) is 44.2 Å².